The van der Waals surface area contributed by atoms with Gasteiger partial charge < -0.3 is 19.6 Å². The van der Waals surface area contributed by atoms with Crippen molar-refractivity contribution in [3.05, 3.63) is 53.6 Å². The number of nitrogens with one attached hydrogen (secondary N) is 1. The minimum atomic E-state index is -4.57. The molecule has 0 radical (unpaired) electrons. The topological polar surface area (TPSA) is 69.2 Å². The van der Waals surface area contributed by atoms with E-state index >= 15 is 0 Å². The van der Waals surface area contributed by atoms with Crippen LogP contribution in [0.2, 0.25) is 0 Å². The Hall–Kier alpha value is -3.23. The van der Waals surface area contributed by atoms with Crippen LogP contribution in [0.3, 0.4) is 0 Å². The van der Waals surface area contributed by atoms with Crippen LogP contribution in [0.25, 0.3) is 0 Å². The lowest BCUT2D eigenvalue weighted by Gasteiger charge is -2.13. The van der Waals surface area contributed by atoms with E-state index in [1.807, 2.05) is 6.92 Å². The Balaban J connectivity index is 1.92. The molecule has 1 N–H and O–H groups in total. The predicted octanol–water partition coefficient (Wildman–Crippen LogP) is 4.10. The number of nitrogens with zero attached hydrogens (tertiary/aromatic N) is 1. The van der Waals surface area contributed by atoms with Gasteiger partial charge in [0.25, 0.3) is 5.91 Å². The van der Waals surface area contributed by atoms with E-state index in [1.165, 1.54) is 25.5 Å². The van der Waals surface area contributed by atoms with Gasteiger partial charge in [0, 0.05) is 5.56 Å². The molecule has 0 spiro atoms. The molecule has 2 aromatic carbocycles. The van der Waals surface area contributed by atoms with E-state index in [0.29, 0.717) is 23.7 Å². The number of halogens is 3. The summed E-state index contributed by atoms with van der Waals surface area (Å²) in [7, 11) is 1.50. The van der Waals surface area contributed by atoms with E-state index in [2.05, 4.69) is 10.5 Å². The lowest BCUT2D eigenvalue weighted by atomic mass is 10.1. The number of para-hydroxylation sites is 1. The summed E-state index contributed by atoms with van der Waals surface area (Å²) < 4.78 is 49.3. The van der Waals surface area contributed by atoms with Gasteiger partial charge in [-0.2, -0.15) is 13.2 Å². The molecule has 0 aromatic heterocycles. The van der Waals surface area contributed by atoms with Crippen molar-refractivity contribution in [2.24, 2.45) is 5.16 Å². The number of methoxy groups -OCH3 is 1. The quantitative estimate of drug-likeness (QED) is 0.539. The molecule has 0 unspecified atom stereocenters. The van der Waals surface area contributed by atoms with Crippen LogP contribution in [0.4, 0.5) is 18.9 Å². The monoisotopic (exact) mass is 396 g/mol. The molecule has 1 amide bonds. The van der Waals surface area contributed by atoms with Gasteiger partial charge in [-0.3, -0.25) is 4.79 Å². The van der Waals surface area contributed by atoms with Crippen LogP contribution in [0.5, 0.6) is 11.5 Å². The number of ether oxygens (including phenoxy) is 2. The maximum Gasteiger partial charge on any atom is 0.418 e. The number of hydrogen-bond acceptors (Lipinski definition) is 5. The second kappa shape index (κ2) is 9.63. The lowest BCUT2D eigenvalue weighted by molar-refractivity contribution is -0.137. The fraction of sp³-hybridized carbons (Fsp3) is 0.263. The molecule has 0 aliphatic carbocycles. The Morgan fingerprint density at radius 3 is 2.61 bits per heavy atom. The summed E-state index contributed by atoms with van der Waals surface area (Å²) in [5, 5.41) is 5.80. The molecular weight excluding hydrogens is 377 g/mol. The van der Waals surface area contributed by atoms with Crippen molar-refractivity contribution in [1.82, 2.24) is 0 Å². The molecule has 0 atom stereocenters. The summed E-state index contributed by atoms with van der Waals surface area (Å²) in [5.74, 6) is 0.316. The maximum atomic E-state index is 12.9. The van der Waals surface area contributed by atoms with E-state index in [9.17, 15) is 18.0 Å². The highest BCUT2D eigenvalue weighted by Crippen LogP contribution is 2.34. The first kappa shape index (κ1) is 21.1. The molecule has 150 valence electrons. The number of hydrogen-bond donors (Lipinski definition) is 1. The fourth-order valence-corrected chi connectivity index (χ4v) is 2.26. The first-order valence-corrected chi connectivity index (χ1v) is 8.27. The van der Waals surface area contributed by atoms with Crippen molar-refractivity contribution in [3.8, 4) is 11.5 Å². The van der Waals surface area contributed by atoms with Gasteiger partial charge >= 0.3 is 6.18 Å². The number of carbonyl (C=O) groups excluding carboxylic acids is 1. The Morgan fingerprint density at radius 1 is 1.18 bits per heavy atom. The third-order valence-corrected chi connectivity index (χ3v) is 3.47. The van der Waals surface area contributed by atoms with Crippen LogP contribution in [-0.2, 0) is 15.8 Å². The number of oxime groups is 1. The molecule has 0 aliphatic heterocycles. The highest BCUT2D eigenvalue weighted by atomic mass is 19.4. The van der Waals surface area contributed by atoms with Gasteiger partial charge in [0.2, 0.25) is 0 Å². The van der Waals surface area contributed by atoms with Gasteiger partial charge in [-0.25, -0.2) is 0 Å². The van der Waals surface area contributed by atoms with Crippen molar-refractivity contribution in [2.45, 2.75) is 13.1 Å². The zero-order chi connectivity index (χ0) is 20.6. The molecule has 0 saturated heterocycles. The van der Waals surface area contributed by atoms with Gasteiger partial charge in [0.05, 0.1) is 31.2 Å². The van der Waals surface area contributed by atoms with Gasteiger partial charge in [-0.05, 0) is 37.3 Å². The smallest absolute Gasteiger partial charge is 0.418 e. The van der Waals surface area contributed by atoms with Crippen molar-refractivity contribution >= 4 is 17.8 Å². The molecule has 0 bridgehead atoms. The van der Waals surface area contributed by atoms with Gasteiger partial charge in [0.15, 0.2) is 18.1 Å². The molecule has 9 heteroatoms. The van der Waals surface area contributed by atoms with Crippen LogP contribution in [-0.4, -0.2) is 32.4 Å². The molecule has 2 aromatic rings. The highest BCUT2D eigenvalue weighted by Gasteiger charge is 2.33. The van der Waals surface area contributed by atoms with E-state index in [4.69, 9.17) is 14.3 Å². The van der Waals surface area contributed by atoms with Gasteiger partial charge in [0.1, 0.15) is 0 Å². The number of alkyl halides is 3. The number of rotatable bonds is 8. The molecule has 0 saturated carbocycles. The SMILES string of the molecule is CCOc1ccc(/C=N\OCC(=O)Nc2ccccc2C(F)(F)F)cc1OC. The van der Waals surface area contributed by atoms with Crippen LogP contribution >= 0.6 is 0 Å². The lowest BCUT2D eigenvalue weighted by Crippen LogP contribution is -2.20. The van der Waals surface area contributed by atoms with Crippen LogP contribution in [0.1, 0.15) is 18.1 Å². The Morgan fingerprint density at radius 2 is 1.93 bits per heavy atom. The summed E-state index contributed by atoms with van der Waals surface area (Å²) in [6, 6.07) is 9.75. The van der Waals surface area contributed by atoms with Crippen molar-refractivity contribution < 1.29 is 32.3 Å². The van der Waals surface area contributed by atoms with Crippen LogP contribution in [0, 0.1) is 0 Å². The Bertz CT molecular complexity index is 838. The summed E-state index contributed by atoms with van der Waals surface area (Å²) >= 11 is 0. The molecule has 0 heterocycles. The zero-order valence-electron chi connectivity index (χ0n) is 15.2. The van der Waals surface area contributed by atoms with Crippen LogP contribution < -0.4 is 14.8 Å². The maximum absolute atomic E-state index is 12.9. The predicted molar refractivity (Wildman–Crippen MR) is 97.8 cm³/mol. The Labute approximate surface area is 159 Å². The van der Waals surface area contributed by atoms with Gasteiger partial charge in [-0.15, -0.1) is 0 Å². The van der Waals surface area contributed by atoms with E-state index in [-0.39, 0.29) is 5.69 Å². The van der Waals surface area contributed by atoms with Crippen molar-refractivity contribution in [2.75, 3.05) is 25.6 Å². The Kier molecular flexibility index (Phi) is 7.25. The van der Waals surface area contributed by atoms with E-state index in [0.717, 1.165) is 12.1 Å². The summed E-state index contributed by atoms with van der Waals surface area (Å²) in [6.07, 6.45) is -3.23. The summed E-state index contributed by atoms with van der Waals surface area (Å²) in [4.78, 5) is 16.7. The summed E-state index contributed by atoms with van der Waals surface area (Å²) in [6.45, 7) is 1.79. The fourth-order valence-electron chi connectivity index (χ4n) is 2.26. The van der Waals surface area contributed by atoms with Crippen molar-refractivity contribution in [3.63, 3.8) is 0 Å². The molecule has 6 nitrogen and oxygen atoms in total. The first-order chi connectivity index (χ1) is 13.3. The van der Waals surface area contributed by atoms with E-state index < -0.39 is 24.3 Å². The molecular formula is C19H19F3N2O4. The normalized spacial score (nSPS) is 11.3. The first-order valence-electron chi connectivity index (χ1n) is 8.27. The average Bonchev–Trinajstić information content (AvgIpc) is 2.66. The largest absolute Gasteiger partial charge is 0.493 e. The minimum Gasteiger partial charge on any atom is -0.493 e. The second-order valence-electron chi connectivity index (χ2n) is 5.44. The van der Waals surface area contributed by atoms with Crippen molar-refractivity contribution in [1.29, 1.82) is 0 Å². The minimum absolute atomic E-state index is 0.344. The summed E-state index contributed by atoms with van der Waals surface area (Å²) in [5.41, 5.74) is -0.653. The third-order valence-electron chi connectivity index (χ3n) is 3.47. The zero-order valence-corrected chi connectivity index (χ0v) is 15.2. The molecule has 28 heavy (non-hydrogen) atoms. The van der Waals surface area contributed by atoms with Gasteiger partial charge in [-0.1, -0.05) is 17.3 Å². The number of benzene rings is 2. The molecule has 0 aliphatic rings. The average molecular weight is 396 g/mol. The number of anilines is 1. The standard InChI is InChI=1S/C19H19F3N2O4/c1-3-27-16-9-8-13(10-17(16)26-2)11-23-28-12-18(25)24-15-7-5-4-6-14(15)19(20,21)22/h4-11H,3,12H2,1-2H3,(H,24,25)/b23-11-. The van der Waals surface area contributed by atoms with Crippen LogP contribution in [0.15, 0.2) is 47.6 Å². The number of carbonyl (C=O) groups is 1. The molecule has 2 rings (SSSR count). The highest BCUT2D eigenvalue weighted by molar-refractivity contribution is 5.92. The number of amides is 1. The molecule has 0 fully saturated rings. The van der Waals surface area contributed by atoms with E-state index in [1.54, 1.807) is 18.2 Å². The second-order valence-corrected chi connectivity index (χ2v) is 5.44. The third kappa shape index (κ3) is 5.90.